The fourth-order valence-electron chi connectivity index (χ4n) is 2.39. The number of thioether (sulfide) groups is 1. The Kier molecular flexibility index (Phi) is 3.06. The Morgan fingerprint density at radius 1 is 1.26 bits per heavy atom. The summed E-state index contributed by atoms with van der Waals surface area (Å²) >= 11 is 1.40. The van der Waals surface area contributed by atoms with Gasteiger partial charge in [-0.15, -0.1) is 18.2 Å². The molecule has 0 saturated heterocycles. The number of terminal acetylenes is 1. The summed E-state index contributed by atoms with van der Waals surface area (Å²) in [6.07, 6.45) is 4.62. The molecule has 0 amide bonds. The van der Waals surface area contributed by atoms with Crippen molar-refractivity contribution < 1.29 is 9.50 Å². The van der Waals surface area contributed by atoms with E-state index >= 15 is 0 Å². The van der Waals surface area contributed by atoms with Crippen molar-refractivity contribution in [2.24, 2.45) is 0 Å². The molecule has 3 rings (SSSR count). The van der Waals surface area contributed by atoms with E-state index < -0.39 is 6.10 Å². The molecule has 0 saturated carbocycles. The van der Waals surface area contributed by atoms with Crippen LogP contribution < -0.4 is 0 Å². The minimum absolute atomic E-state index is 0.295. The molecular formula is C16H11FOS. The standard InChI is InChI=1S/C16H11FOS/c1-2-10-5-3-6-11-9-19-16-12(15(18)14(10)11)7-4-8-13(16)17/h1,3-8,15,18H,9H2. The van der Waals surface area contributed by atoms with Gasteiger partial charge in [0, 0.05) is 27.3 Å². The first-order chi connectivity index (χ1) is 9.22. The second-order valence-corrected chi connectivity index (χ2v) is 5.36. The predicted molar refractivity (Wildman–Crippen MR) is 74.4 cm³/mol. The molecule has 19 heavy (non-hydrogen) atoms. The summed E-state index contributed by atoms with van der Waals surface area (Å²) in [5, 5.41) is 10.6. The van der Waals surface area contributed by atoms with E-state index in [4.69, 9.17) is 6.42 Å². The van der Waals surface area contributed by atoms with E-state index in [0.29, 0.717) is 21.8 Å². The van der Waals surface area contributed by atoms with E-state index in [9.17, 15) is 9.50 Å². The number of hydrogen-bond acceptors (Lipinski definition) is 2. The highest BCUT2D eigenvalue weighted by Gasteiger charge is 2.25. The lowest BCUT2D eigenvalue weighted by Crippen LogP contribution is -2.05. The number of benzene rings is 2. The molecule has 1 nitrogen and oxygen atoms in total. The number of hydrogen-bond donors (Lipinski definition) is 1. The van der Waals surface area contributed by atoms with Gasteiger partial charge in [-0.2, -0.15) is 0 Å². The van der Waals surface area contributed by atoms with Gasteiger partial charge in [0.05, 0.1) is 0 Å². The summed E-state index contributed by atoms with van der Waals surface area (Å²) in [4.78, 5) is 0.508. The average Bonchev–Trinajstić information content (AvgIpc) is 2.58. The van der Waals surface area contributed by atoms with Gasteiger partial charge >= 0.3 is 0 Å². The van der Waals surface area contributed by atoms with E-state index in [1.54, 1.807) is 18.2 Å². The molecule has 1 aliphatic heterocycles. The number of aliphatic hydroxyl groups is 1. The smallest absolute Gasteiger partial charge is 0.137 e. The molecule has 1 unspecified atom stereocenters. The van der Waals surface area contributed by atoms with E-state index in [2.05, 4.69) is 5.92 Å². The average molecular weight is 270 g/mol. The van der Waals surface area contributed by atoms with Crippen molar-refractivity contribution in [2.75, 3.05) is 0 Å². The van der Waals surface area contributed by atoms with Crippen LogP contribution >= 0.6 is 11.8 Å². The molecule has 1 heterocycles. The van der Waals surface area contributed by atoms with Gasteiger partial charge in [0.1, 0.15) is 11.9 Å². The third-order valence-corrected chi connectivity index (χ3v) is 4.46. The quantitative estimate of drug-likeness (QED) is 0.739. The highest BCUT2D eigenvalue weighted by Crippen LogP contribution is 2.41. The van der Waals surface area contributed by atoms with Gasteiger partial charge in [-0.25, -0.2) is 4.39 Å². The third-order valence-electron chi connectivity index (χ3n) is 3.29. The Morgan fingerprint density at radius 2 is 2.05 bits per heavy atom. The first kappa shape index (κ1) is 12.3. The number of aliphatic hydroxyl groups excluding tert-OH is 1. The van der Waals surface area contributed by atoms with Gasteiger partial charge < -0.3 is 5.11 Å². The molecule has 2 aromatic carbocycles. The lowest BCUT2D eigenvalue weighted by atomic mass is 9.93. The van der Waals surface area contributed by atoms with Gasteiger partial charge in [-0.3, -0.25) is 0 Å². The van der Waals surface area contributed by atoms with Crippen molar-refractivity contribution >= 4 is 11.8 Å². The summed E-state index contributed by atoms with van der Waals surface area (Å²) in [5.74, 6) is 2.91. The largest absolute Gasteiger partial charge is 0.384 e. The van der Waals surface area contributed by atoms with Crippen LogP contribution in [0.1, 0.15) is 28.4 Å². The van der Waals surface area contributed by atoms with Crippen molar-refractivity contribution in [3.63, 3.8) is 0 Å². The Hall–Kier alpha value is -1.76. The van der Waals surface area contributed by atoms with Crippen LogP contribution in [0.25, 0.3) is 0 Å². The maximum atomic E-state index is 13.9. The molecule has 1 N–H and O–H groups in total. The Bertz CT molecular complexity index is 688. The maximum Gasteiger partial charge on any atom is 0.137 e. The minimum atomic E-state index is -0.872. The van der Waals surface area contributed by atoms with E-state index in [1.165, 1.54) is 17.8 Å². The summed E-state index contributed by atoms with van der Waals surface area (Å²) < 4.78 is 13.9. The molecule has 0 spiro atoms. The lowest BCUT2D eigenvalue weighted by molar-refractivity contribution is 0.216. The molecule has 0 fully saturated rings. The van der Waals surface area contributed by atoms with Crippen LogP contribution in [0.4, 0.5) is 4.39 Å². The molecular weight excluding hydrogens is 259 g/mol. The van der Waals surface area contributed by atoms with Crippen LogP contribution in [0.15, 0.2) is 41.3 Å². The van der Waals surface area contributed by atoms with Gasteiger partial charge in [0.25, 0.3) is 0 Å². The summed E-state index contributed by atoms with van der Waals surface area (Å²) in [6, 6.07) is 10.4. The normalized spacial score (nSPS) is 17.0. The first-order valence-electron chi connectivity index (χ1n) is 5.90. The van der Waals surface area contributed by atoms with Crippen molar-refractivity contribution in [3.8, 4) is 12.3 Å². The first-order valence-corrected chi connectivity index (χ1v) is 6.88. The van der Waals surface area contributed by atoms with Gasteiger partial charge in [0.15, 0.2) is 0 Å². The zero-order valence-electron chi connectivity index (χ0n) is 10.1. The summed E-state index contributed by atoms with van der Waals surface area (Å²) in [6.45, 7) is 0. The Morgan fingerprint density at radius 3 is 2.84 bits per heavy atom. The number of rotatable bonds is 0. The molecule has 1 aliphatic rings. The number of fused-ring (bicyclic) bond motifs is 2. The van der Waals surface area contributed by atoms with Gasteiger partial charge in [-0.1, -0.05) is 30.2 Å². The van der Waals surface area contributed by atoms with Crippen LogP contribution in [0.2, 0.25) is 0 Å². The molecule has 94 valence electrons. The fraction of sp³-hybridized carbons (Fsp3) is 0.125. The molecule has 0 bridgehead atoms. The monoisotopic (exact) mass is 270 g/mol. The summed E-state index contributed by atoms with van der Waals surface area (Å²) in [5.41, 5.74) is 2.94. The van der Waals surface area contributed by atoms with Crippen molar-refractivity contribution in [1.29, 1.82) is 0 Å². The van der Waals surface area contributed by atoms with E-state index in [-0.39, 0.29) is 5.82 Å². The molecule has 0 aromatic heterocycles. The molecule has 0 aliphatic carbocycles. The highest BCUT2D eigenvalue weighted by molar-refractivity contribution is 7.98. The highest BCUT2D eigenvalue weighted by atomic mass is 32.2. The Labute approximate surface area is 115 Å². The zero-order valence-corrected chi connectivity index (χ0v) is 10.9. The van der Waals surface area contributed by atoms with Crippen LogP contribution in [-0.4, -0.2) is 5.11 Å². The lowest BCUT2D eigenvalue weighted by Gasteiger charge is -2.15. The molecule has 1 atom stereocenters. The minimum Gasteiger partial charge on any atom is -0.384 e. The summed E-state index contributed by atoms with van der Waals surface area (Å²) in [7, 11) is 0. The van der Waals surface area contributed by atoms with Crippen LogP contribution in [0.5, 0.6) is 0 Å². The second-order valence-electron chi connectivity index (χ2n) is 4.37. The van der Waals surface area contributed by atoms with Crippen molar-refractivity contribution in [3.05, 3.63) is 64.5 Å². The SMILES string of the molecule is C#Cc1cccc2c1C(O)c1cccc(F)c1SC2. The third kappa shape index (κ3) is 1.94. The maximum absolute atomic E-state index is 13.9. The van der Waals surface area contributed by atoms with E-state index in [0.717, 1.165) is 11.1 Å². The van der Waals surface area contributed by atoms with Crippen LogP contribution in [-0.2, 0) is 5.75 Å². The Balaban J connectivity index is 2.26. The molecule has 2 aromatic rings. The van der Waals surface area contributed by atoms with Gasteiger partial charge in [0.2, 0.25) is 0 Å². The fourth-order valence-corrected chi connectivity index (χ4v) is 3.49. The zero-order chi connectivity index (χ0) is 13.4. The van der Waals surface area contributed by atoms with Gasteiger partial charge in [-0.05, 0) is 17.7 Å². The molecule has 0 radical (unpaired) electrons. The predicted octanol–water partition coefficient (Wildman–Crippen LogP) is 3.49. The number of halogens is 1. The van der Waals surface area contributed by atoms with Crippen molar-refractivity contribution in [2.45, 2.75) is 16.8 Å². The molecule has 3 heteroatoms. The topological polar surface area (TPSA) is 20.2 Å². The van der Waals surface area contributed by atoms with Crippen LogP contribution in [0.3, 0.4) is 0 Å². The van der Waals surface area contributed by atoms with Crippen molar-refractivity contribution in [1.82, 2.24) is 0 Å². The second kappa shape index (κ2) is 4.73. The van der Waals surface area contributed by atoms with Crippen LogP contribution in [0, 0.1) is 18.2 Å². The van der Waals surface area contributed by atoms with E-state index in [1.807, 2.05) is 12.1 Å².